The number of hydrogen-bond donors (Lipinski definition) is 0. The molecule has 2 amide bonds. The minimum Gasteiger partial charge on any atom is -0.490 e. The van der Waals surface area contributed by atoms with Gasteiger partial charge in [0, 0.05) is 5.56 Å². The molecule has 4 aromatic rings. The monoisotopic (exact) mass is 591 g/mol. The minimum absolute atomic E-state index is 0.122. The highest BCUT2D eigenvalue weighted by molar-refractivity contribution is 9.10. The molecule has 38 heavy (non-hydrogen) atoms. The molecule has 5 nitrogen and oxygen atoms in total. The van der Waals surface area contributed by atoms with Crippen molar-refractivity contribution in [3.8, 4) is 11.5 Å². The molecule has 4 aromatic carbocycles. The molecule has 1 saturated heterocycles. The Morgan fingerprint density at radius 1 is 0.947 bits per heavy atom. The normalized spacial score (nSPS) is 14.5. The van der Waals surface area contributed by atoms with E-state index >= 15 is 0 Å². The standard InChI is InChI=1S/C30H23BrFNO4S/c1-2-36-26-15-19(16-27-29(34)33(30(35)38-27)17-21-9-4-6-13-25(21)32)14-24(31)28(26)37-18-22-11-7-10-20-8-3-5-12-23(20)22/h3-16H,2,17-18H2,1H3/b27-16+. The van der Waals surface area contributed by atoms with Crippen LogP contribution in [0.25, 0.3) is 16.8 Å². The van der Waals surface area contributed by atoms with Gasteiger partial charge in [-0.2, -0.15) is 0 Å². The van der Waals surface area contributed by atoms with Gasteiger partial charge in [0.15, 0.2) is 11.5 Å². The van der Waals surface area contributed by atoms with Crippen LogP contribution in [-0.4, -0.2) is 22.7 Å². The average Bonchev–Trinajstić information content (AvgIpc) is 3.17. The zero-order chi connectivity index (χ0) is 26.6. The molecule has 0 saturated carbocycles. The third-order valence-corrected chi connectivity index (χ3v) is 7.54. The fraction of sp³-hybridized carbons (Fsp3) is 0.133. The summed E-state index contributed by atoms with van der Waals surface area (Å²) >= 11 is 4.42. The van der Waals surface area contributed by atoms with Crippen LogP contribution < -0.4 is 9.47 Å². The topological polar surface area (TPSA) is 55.8 Å². The highest BCUT2D eigenvalue weighted by Crippen LogP contribution is 2.40. The molecule has 1 aliphatic rings. The van der Waals surface area contributed by atoms with Crippen molar-refractivity contribution in [2.75, 3.05) is 6.61 Å². The van der Waals surface area contributed by atoms with Crippen molar-refractivity contribution >= 4 is 55.7 Å². The molecule has 5 rings (SSSR count). The summed E-state index contributed by atoms with van der Waals surface area (Å²) in [6.45, 7) is 2.51. The molecule has 0 aliphatic carbocycles. The molecule has 0 spiro atoms. The van der Waals surface area contributed by atoms with Gasteiger partial charge in [0.25, 0.3) is 11.1 Å². The van der Waals surface area contributed by atoms with Crippen LogP contribution in [0.5, 0.6) is 11.5 Å². The van der Waals surface area contributed by atoms with Crippen molar-refractivity contribution in [3.05, 3.63) is 111 Å². The lowest BCUT2D eigenvalue weighted by Gasteiger charge is -2.16. The number of carbonyl (C=O) groups excluding carboxylic acids is 2. The second kappa shape index (κ2) is 11.4. The maximum Gasteiger partial charge on any atom is 0.293 e. The Bertz CT molecular complexity index is 1570. The smallest absolute Gasteiger partial charge is 0.293 e. The largest absolute Gasteiger partial charge is 0.490 e. The Hall–Kier alpha value is -3.62. The number of thioether (sulfide) groups is 1. The van der Waals surface area contributed by atoms with Crippen LogP contribution in [0.3, 0.4) is 0 Å². The molecule has 0 atom stereocenters. The predicted octanol–water partition coefficient (Wildman–Crippen LogP) is 7.96. The van der Waals surface area contributed by atoms with Crippen molar-refractivity contribution < 1.29 is 23.5 Å². The summed E-state index contributed by atoms with van der Waals surface area (Å²) in [6.07, 6.45) is 1.63. The number of halogens is 2. The van der Waals surface area contributed by atoms with Gasteiger partial charge < -0.3 is 9.47 Å². The molecular formula is C30H23BrFNO4S. The quantitative estimate of drug-likeness (QED) is 0.194. The zero-order valence-corrected chi connectivity index (χ0v) is 22.9. The van der Waals surface area contributed by atoms with Gasteiger partial charge in [0.05, 0.1) is 22.5 Å². The summed E-state index contributed by atoms with van der Waals surface area (Å²) < 4.78 is 26.8. The molecule has 192 valence electrons. The highest BCUT2D eigenvalue weighted by Gasteiger charge is 2.35. The summed E-state index contributed by atoms with van der Waals surface area (Å²) in [5, 5.41) is 1.81. The summed E-state index contributed by atoms with van der Waals surface area (Å²) in [5.41, 5.74) is 1.99. The van der Waals surface area contributed by atoms with Crippen molar-refractivity contribution in [2.24, 2.45) is 0 Å². The maximum atomic E-state index is 14.1. The van der Waals surface area contributed by atoms with Gasteiger partial charge in [-0.1, -0.05) is 60.7 Å². The van der Waals surface area contributed by atoms with Gasteiger partial charge in [-0.3, -0.25) is 14.5 Å². The van der Waals surface area contributed by atoms with E-state index in [1.54, 1.807) is 30.3 Å². The Morgan fingerprint density at radius 2 is 1.68 bits per heavy atom. The van der Waals surface area contributed by atoms with Gasteiger partial charge in [-0.15, -0.1) is 0 Å². The van der Waals surface area contributed by atoms with Crippen LogP contribution >= 0.6 is 27.7 Å². The number of rotatable bonds is 8. The van der Waals surface area contributed by atoms with E-state index in [9.17, 15) is 14.0 Å². The fourth-order valence-electron chi connectivity index (χ4n) is 4.23. The number of hydrogen-bond acceptors (Lipinski definition) is 5. The van der Waals surface area contributed by atoms with Crippen LogP contribution in [0.1, 0.15) is 23.6 Å². The van der Waals surface area contributed by atoms with Crippen LogP contribution in [-0.2, 0) is 17.9 Å². The molecule has 1 fully saturated rings. The number of benzene rings is 4. The van der Waals surface area contributed by atoms with Gasteiger partial charge in [0.1, 0.15) is 12.4 Å². The number of amides is 2. The summed E-state index contributed by atoms with van der Waals surface area (Å²) in [7, 11) is 0. The van der Waals surface area contributed by atoms with Crippen LogP contribution in [0, 0.1) is 5.82 Å². The number of nitrogens with zero attached hydrogens (tertiary/aromatic N) is 1. The fourth-order valence-corrected chi connectivity index (χ4v) is 5.64. The maximum absolute atomic E-state index is 14.1. The first-order valence-electron chi connectivity index (χ1n) is 12.0. The SMILES string of the molecule is CCOc1cc(/C=C2/SC(=O)N(Cc3ccccc3F)C2=O)cc(Br)c1OCc1cccc2ccccc12. The van der Waals surface area contributed by atoms with Crippen molar-refractivity contribution in [1.29, 1.82) is 0 Å². The van der Waals surface area contributed by atoms with Gasteiger partial charge in [0.2, 0.25) is 0 Å². The lowest BCUT2D eigenvalue weighted by atomic mass is 10.1. The molecule has 1 heterocycles. The van der Waals surface area contributed by atoms with Crippen LogP contribution in [0.4, 0.5) is 9.18 Å². The first-order valence-corrected chi connectivity index (χ1v) is 13.6. The van der Waals surface area contributed by atoms with Gasteiger partial charge in [-0.25, -0.2) is 4.39 Å². The minimum atomic E-state index is -0.464. The third-order valence-electron chi connectivity index (χ3n) is 6.04. The number of imide groups is 1. The van der Waals surface area contributed by atoms with Crippen LogP contribution in [0.15, 0.2) is 88.2 Å². The Kier molecular flexibility index (Phi) is 7.81. The number of fused-ring (bicyclic) bond motifs is 1. The van der Waals surface area contributed by atoms with E-state index in [-0.39, 0.29) is 17.0 Å². The first kappa shape index (κ1) is 26.0. The lowest BCUT2D eigenvalue weighted by Crippen LogP contribution is -2.27. The van der Waals surface area contributed by atoms with E-state index in [0.717, 1.165) is 33.0 Å². The van der Waals surface area contributed by atoms with Gasteiger partial charge in [-0.05, 0) is 80.8 Å². The number of carbonyl (C=O) groups is 2. The summed E-state index contributed by atoms with van der Waals surface area (Å²) in [6, 6.07) is 23.9. The summed E-state index contributed by atoms with van der Waals surface area (Å²) in [5.74, 6) is 0.136. The van der Waals surface area contributed by atoms with Gasteiger partial charge >= 0.3 is 0 Å². The Morgan fingerprint density at radius 3 is 2.50 bits per heavy atom. The number of ether oxygens (including phenoxy) is 2. The molecule has 0 aromatic heterocycles. The van der Waals surface area contributed by atoms with Crippen molar-refractivity contribution in [2.45, 2.75) is 20.1 Å². The first-order chi connectivity index (χ1) is 18.4. The van der Waals surface area contributed by atoms with Crippen molar-refractivity contribution in [1.82, 2.24) is 4.90 Å². The Balaban J connectivity index is 1.39. The molecule has 0 unspecified atom stereocenters. The lowest BCUT2D eigenvalue weighted by molar-refractivity contribution is -0.123. The van der Waals surface area contributed by atoms with E-state index in [2.05, 4.69) is 34.1 Å². The summed E-state index contributed by atoms with van der Waals surface area (Å²) in [4.78, 5) is 26.9. The third kappa shape index (κ3) is 5.47. The molecular weight excluding hydrogens is 569 g/mol. The molecule has 0 bridgehead atoms. The Labute approximate surface area is 232 Å². The second-order valence-corrected chi connectivity index (χ2v) is 10.4. The van der Waals surface area contributed by atoms with E-state index in [1.807, 2.05) is 37.3 Å². The zero-order valence-electron chi connectivity index (χ0n) is 20.4. The van der Waals surface area contributed by atoms with E-state index in [1.165, 1.54) is 6.07 Å². The van der Waals surface area contributed by atoms with E-state index in [4.69, 9.17) is 9.47 Å². The van der Waals surface area contributed by atoms with Crippen molar-refractivity contribution in [3.63, 3.8) is 0 Å². The molecule has 1 aliphatic heterocycles. The average molecular weight is 592 g/mol. The van der Waals surface area contributed by atoms with E-state index < -0.39 is 17.0 Å². The molecule has 8 heteroatoms. The van der Waals surface area contributed by atoms with Crippen LogP contribution in [0.2, 0.25) is 0 Å². The predicted molar refractivity (Wildman–Crippen MR) is 152 cm³/mol. The van der Waals surface area contributed by atoms with E-state index in [0.29, 0.717) is 34.7 Å². The molecule has 0 radical (unpaired) electrons. The molecule has 0 N–H and O–H groups in total. The highest BCUT2D eigenvalue weighted by atomic mass is 79.9. The second-order valence-electron chi connectivity index (χ2n) is 8.55.